The van der Waals surface area contributed by atoms with Gasteiger partial charge in [-0.05, 0) is 25.7 Å². The van der Waals surface area contributed by atoms with Crippen LogP contribution >= 0.6 is 0 Å². The number of unbranched alkanes of at least 4 members (excludes halogenated alkanes) is 1. The largest absolute Gasteiger partial charge is 0.465 e. The molecule has 1 rings (SSSR count). The van der Waals surface area contributed by atoms with Crippen molar-refractivity contribution in [2.75, 3.05) is 6.61 Å². The summed E-state index contributed by atoms with van der Waals surface area (Å²) in [6, 6.07) is 0. The summed E-state index contributed by atoms with van der Waals surface area (Å²) < 4.78 is 5.06. The lowest BCUT2D eigenvalue weighted by Crippen LogP contribution is -2.16. The van der Waals surface area contributed by atoms with E-state index in [4.69, 9.17) is 4.74 Å². The Balaban J connectivity index is 2.16. The van der Waals surface area contributed by atoms with Gasteiger partial charge in [0, 0.05) is 0 Å². The quantitative estimate of drug-likeness (QED) is 0.534. The molecule has 1 aliphatic rings. The molecule has 0 bridgehead atoms. The summed E-state index contributed by atoms with van der Waals surface area (Å²) in [5, 5.41) is 9.21. The van der Waals surface area contributed by atoms with Crippen molar-refractivity contribution in [2.24, 2.45) is 5.92 Å². The van der Waals surface area contributed by atoms with Crippen LogP contribution in [-0.2, 0) is 9.53 Å². The Morgan fingerprint density at radius 2 is 2.31 bits per heavy atom. The molecule has 1 fully saturated rings. The van der Waals surface area contributed by atoms with Crippen molar-refractivity contribution in [1.29, 1.82) is 0 Å². The van der Waals surface area contributed by atoms with Crippen LogP contribution in [0.4, 0.5) is 0 Å². The van der Waals surface area contributed by atoms with Crippen molar-refractivity contribution in [3.8, 4) is 0 Å². The topological polar surface area (TPSA) is 46.5 Å². The van der Waals surface area contributed by atoms with E-state index in [-0.39, 0.29) is 18.0 Å². The van der Waals surface area contributed by atoms with Gasteiger partial charge in [0.1, 0.15) is 0 Å². The third-order valence-corrected chi connectivity index (χ3v) is 2.48. The minimum atomic E-state index is -0.288. The van der Waals surface area contributed by atoms with E-state index in [1.807, 2.05) is 0 Å². The molecule has 0 aliphatic heterocycles. The fraction of sp³-hybridized carbons (Fsp3) is 0.900. The first-order valence-corrected chi connectivity index (χ1v) is 5.08. The van der Waals surface area contributed by atoms with Gasteiger partial charge >= 0.3 is 5.97 Å². The maximum atomic E-state index is 11.3. The van der Waals surface area contributed by atoms with Crippen molar-refractivity contribution in [2.45, 2.75) is 45.1 Å². The summed E-state index contributed by atoms with van der Waals surface area (Å²) in [5.41, 5.74) is 0. The Bertz CT molecular complexity index is 168. The molecule has 0 spiro atoms. The fourth-order valence-electron chi connectivity index (χ4n) is 1.61. The summed E-state index contributed by atoms with van der Waals surface area (Å²) in [6.07, 6.45) is 3.80. The second-order valence-electron chi connectivity index (χ2n) is 3.68. The van der Waals surface area contributed by atoms with E-state index in [9.17, 15) is 9.90 Å². The van der Waals surface area contributed by atoms with E-state index in [2.05, 4.69) is 6.92 Å². The number of aliphatic hydroxyl groups is 1. The molecule has 3 heteroatoms. The highest BCUT2D eigenvalue weighted by Crippen LogP contribution is 2.26. The van der Waals surface area contributed by atoms with E-state index in [1.54, 1.807) is 0 Å². The number of aliphatic hydroxyl groups excluding tert-OH is 1. The van der Waals surface area contributed by atoms with Crippen LogP contribution in [0.15, 0.2) is 0 Å². The molecule has 0 amide bonds. The predicted octanol–water partition coefficient (Wildman–Crippen LogP) is 1.49. The Morgan fingerprint density at radius 3 is 2.85 bits per heavy atom. The lowest BCUT2D eigenvalue weighted by Gasteiger charge is -2.08. The first-order valence-electron chi connectivity index (χ1n) is 5.08. The van der Waals surface area contributed by atoms with Crippen molar-refractivity contribution in [1.82, 2.24) is 0 Å². The minimum Gasteiger partial charge on any atom is -0.465 e. The maximum absolute atomic E-state index is 11.3. The lowest BCUT2D eigenvalue weighted by molar-refractivity contribution is -0.148. The number of rotatable bonds is 4. The smallest absolute Gasteiger partial charge is 0.309 e. The van der Waals surface area contributed by atoms with Crippen LogP contribution in [0.1, 0.15) is 39.0 Å². The molecule has 0 aromatic heterocycles. The molecule has 0 aromatic rings. The van der Waals surface area contributed by atoms with Crippen LogP contribution < -0.4 is 0 Å². The van der Waals surface area contributed by atoms with Crippen LogP contribution in [0.2, 0.25) is 0 Å². The molecule has 1 N–H and O–H groups in total. The molecule has 76 valence electrons. The standard InChI is InChI=1S/C10H18O3/c1-2-3-6-13-10(12)8-4-5-9(11)7-8/h8-9,11H,2-7H2,1H3/t8-,9+/m0/s1. The summed E-state index contributed by atoms with van der Waals surface area (Å²) in [5.74, 6) is -0.170. The highest BCUT2D eigenvalue weighted by atomic mass is 16.5. The highest BCUT2D eigenvalue weighted by molar-refractivity contribution is 5.72. The Hall–Kier alpha value is -0.570. The van der Waals surface area contributed by atoms with E-state index < -0.39 is 0 Å². The average Bonchev–Trinajstić information content (AvgIpc) is 2.52. The zero-order valence-electron chi connectivity index (χ0n) is 8.16. The normalized spacial score (nSPS) is 27.5. The monoisotopic (exact) mass is 186 g/mol. The average molecular weight is 186 g/mol. The van der Waals surface area contributed by atoms with E-state index in [0.717, 1.165) is 25.7 Å². The second kappa shape index (κ2) is 5.22. The van der Waals surface area contributed by atoms with Gasteiger partial charge in [0.05, 0.1) is 18.6 Å². The zero-order valence-corrected chi connectivity index (χ0v) is 8.16. The molecule has 1 aliphatic carbocycles. The van der Waals surface area contributed by atoms with Crippen LogP contribution in [0.25, 0.3) is 0 Å². The van der Waals surface area contributed by atoms with E-state index >= 15 is 0 Å². The maximum Gasteiger partial charge on any atom is 0.309 e. The van der Waals surface area contributed by atoms with Crippen molar-refractivity contribution in [3.05, 3.63) is 0 Å². The Morgan fingerprint density at radius 1 is 1.54 bits per heavy atom. The number of carbonyl (C=O) groups is 1. The number of hydrogen-bond acceptors (Lipinski definition) is 3. The number of carbonyl (C=O) groups excluding carboxylic acids is 1. The van der Waals surface area contributed by atoms with Crippen molar-refractivity contribution >= 4 is 5.97 Å². The van der Waals surface area contributed by atoms with Gasteiger partial charge in [0.15, 0.2) is 0 Å². The minimum absolute atomic E-state index is 0.0492. The molecule has 0 aromatic carbocycles. The van der Waals surface area contributed by atoms with Crippen molar-refractivity contribution in [3.63, 3.8) is 0 Å². The molecular formula is C10H18O3. The van der Waals surface area contributed by atoms with Crippen LogP contribution in [-0.4, -0.2) is 23.8 Å². The molecule has 0 radical (unpaired) electrons. The van der Waals surface area contributed by atoms with Gasteiger partial charge in [-0.25, -0.2) is 0 Å². The van der Waals surface area contributed by atoms with Crippen LogP contribution in [0.5, 0.6) is 0 Å². The molecule has 1 saturated carbocycles. The first kappa shape index (κ1) is 10.5. The fourth-order valence-corrected chi connectivity index (χ4v) is 1.61. The molecule has 0 saturated heterocycles. The molecule has 13 heavy (non-hydrogen) atoms. The first-order chi connectivity index (χ1) is 6.24. The van der Waals surface area contributed by atoms with Gasteiger partial charge in [-0.1, -0.05) is 13.3 Å². The van der Waals surface area contributed by atoms with E-state index in [0.29, 0.717) is 13.0 Å². The SMILES string of the molecule is CCCCOC(=O)[C@H]1CC[C@@H](O)C1. The number of esters is 1. The second-order valence-corrected chi connectivity index (χ2v) is 3.68. The Labute approximate surface area is 79.1 Å². The summed E-state index contributed by atoms with van der Waals surface area (Å²) in [6.45, 7) is 2.59. The van der Waals surface area contributed by atoms with Gasteiger partial charge in [-0.15, -0.1) is 0 Å². The molecule has 3 nitrogen and oxygen atoms in total. The third-order valence-electron chi connectivity index (χ3n) is 2.48. The molecular weight excluding hydrogens is 168 g/mol. The van der Waals surface area contributed by atoms with Gasteiger partial charge in [0.2, 0.25) is 0 Å². The van der Waals surface area contributed by atoms with Crippen LogP contribution in [0, 0.1) is 5.92 Å². The number of hydrogen-bond donors (Lipinski definition) is 1. The van der Waals surface area contributed by atoms with Crippen molar-refractivity contribution < 1.29 is 14.6 Å². The zero-order chi connectivity index (χ0) is 9.68. The van der Waals surface area contributed by atoms with Gasteiger partial charge in [0.25, 0.3) is 0 Å². The molecule has 2 atom stereocenters. The van der Waals surface area contributed by atoms with E-state index in [1.165, 1.54) is 0 Å². The number of ether oxygens (including phenoxy) is 1. The van der Waals surface area contributed by atoms with Crippen LogP contribution in [0.3, 0.4) is 0 Å². The Kier molecular flexibility index (Phi) is 4.22. The third kappa shape index (κ3) is 3.35. The van der Waals surface area contributed by atoms with Gasteiger partial charge < -0.3 is 9.84 Å². The molecule has 0 heterocycles. The lowest BCUT2D eigenvalue weighted by atomic mass is 10.1. The molecule has 0 unspecified atom stereocenters. The van der Waals surface area contributed by atoms with Gasteiger partial charge in [-0.2, -0.15) is 0 Å². The van der Waals surface area contributed by atoms with Gasteiger partial charge in [-0.3, -0.25) is 4.79 Å². The highest BCUT2D eigenvalue weighted by Gasteiger charge is 2.29. The summed E-state index contributed by atoms with van der Waals surface area (Å²) >= 11 is 0. The summed E-state index contributed by atoms with van der Waals surface area (Å²) in [7, 11) is 0. The predicted molar refractivity (Wildman–Crippen MR) is 49.2 cm³/mol. The summed E-state index contributed by atoms with van der Waals surface area (Å²) in [4.78, 5) is 11.3.